The number of benzene rings is 2. The molecule has 0 saturated carbocycles. The van der Waals surface area contributed by atoms with Crippen LogP contribution in [0.2, 0.25) is 0 Å². The summed E-state index contributed by atoms with van der Waals surface area (Å²) in [5.74, 6) is 0.0111. The number of quaternary nitrogens is 1. The van der Waals surface area contributed by atoms with Crippen molar-refractivity contribution in [2.75, 3.05) is 46.4 Å². The van der Waals surface area contributed by atoms with Crippen LogP contribution in [0.25, 0.3) is 0 Å². The average Bonchev–Trinajstić information content (AvgIpc) is 3.20. The number of hydrogen-bond donors (Lipinski definition) is 3. The molecule has 0 fully saturated rings. The summed E-state index contributed by atoms with van der Waals surface area (Å²) in [5.41, 5.74) is 3.04. The van der Waals surface area contributed by atoms with Crippen molar-refractivity contribution in [3.63, 3.8) is 0 Å². The molecular weight excluding hydrogens is 384 g/mol. The van der Waals surface area contributed by atoms with Gasteiger partial charge in [0.2, 0.25) is 6.79 Å². The van der Waals surface area contributed by atoms with E-state index in [0.717, 1.165) is 21.7 Å². The fraction of sp³-hybridized carbons (Fsp3) is 0.364. The van der Waals surface area contributed by atoms with Crippen LogP contribution in [0.15, 0.2) is 42.5 Å². The predicted octanol–water partition coefficient (Wildman–Crippen LogP) is 0.0995. The lowest BCUT2D eigenvalue weighted by Crippen LogP contribution is -3.07. The largest absolute Gasteiger partial charge is 0.454 e. The van der Waals surface area contributed by atoms with Crippen molar-refractivity contribution in [2.45, 2.75) is 12.6 Å². The highest BCUT2D eigenvalue weighted by atomic mass is 16.7. The van der Waals surface area contributed by atoms with Gasteiger partial charge in [-0.3, -0.25) is 9.59 Å². The Morgan fingerprint density at radius 1 is 1.00 bits per heavy atom. The van der Waals surface area contributed by atoms with E-state index in [1.165, 1.54) is 0 Å². The van der Waals surface area contributed by atoms with Crippen LogP contribution in [0.5, 0.6) is 11.5 Å². The van der Waals surface area contributed by atoms with Crippen LogP contribution >= 0.6 is 0 Å². The number of ether oxygens (including phenoxy) is 2. The SMILES string of the molecule is CN(C)c1ccc([C@H](CNC(=O)C(=O)NCc2ccc3c(c2)OCO3)[NH+](C)C)cc1. The van der Waals surface area contributed by atoms with Gasteiger partial charge in [-0.1, -0.05) is 18.2 Å². The van der Waals surface area contributed by atoms with E-state index >= 15 is 0 Å². The number of likely N-dealkylation sites (N-methyl/N-ethyl adjacent to an activating group) is 1. The van der Waals surface area contributed by atoms with Crippen LogP contribution in [-0.2, 0) is 16.1 Å². The summed E-state index contributed by atoms with van der Waals surface area (Å²) in [7, 11) is 8.03. The van der Waals surface area contributed by atoms with Crippen LogP contribution in [0.3, 0.4) is 0 Å². The molecule has 3 N–H and O–H groups in total. The Labute approximate surface area is 176 Å². The highest BCUT2D eigenvalue weighted by molar-refractivity contribution is 6.35. The maximum atomic E-state index is 12.3. The Balaban J connectivity index is 1.52. The Morgan fingerprint density at radius 3 is 2.33 bits per heavy atom. The summed E-state index contributed by atoms with van der Waals surface area (Å²) in [5, 5.41) is 5.39. The third-order valence-corrected chi connectivity index (χ3v) is 5.07. The van der Waals surface area contributed by atoms with Gasteiger partial charge in [-0.2, -0.15) is 0 Å². The molecule has 1 aliphatic heterocycles. The molecule has 0 aromatic heterocycles. The van der Waals surface area contributed by atoms with Gasteiger partial charge >= 0.3 is 11.8 Å². The first-order valence-corrected chi connectivity index (χ1v) is 9.87. The summed E-state index contributed by atoms with van der Waals surface area (Å²) in [6, 6.07) is 13.6. The molecule has 2 aromatic rings. The number of fused-ring (bicyclic) bond motifs is 1. The van der Waals surface area contributed by atoms with Gasteiger partial charge in [-0.05, 0) is 29.8 Å². The number of amides is 2. The number of anilines is 1. The van der Waals surface area contributed by atoms with Crippen molar-refractivity contribution in [1.82, 2.24) is 10.6 Å². The zero-order chi connectivity index (χ0) is 21.7. The van der Waals surface area contributed by atoms with Gasteiger partial charge in [0.25, 0.3) is 0 Å². The van der Waals surface area contributed by atoms with E-state index in [2.05, 4.69) is 22.8 Å². The quantitative estimate of drug-likeness (QED) is 0.561. The van der Waals surface area contributed by atoms with Crippen molar-refractivity contribution in [3.05, 3.63) is 53.6 Å². The van der Waals surface area contributed by atoms with Crippen LogP contribution < -0.4 is 29.9 Å². The summed E-state index contributed by atoms with van der Waals surface area (Å²) in [4.78, 5) is 27.7. The second-order valence-corrected chi connectivity index (χ2v) is 7.70. The van der Waals surface area contributed by atoms with Crippen molar-refractivity contribution in [2.24, 2.45) is 0 Å². The van der Waals surface area contributed by atoms with E-state index in [-0.39, 0.29) is 19.4 Å². The summed E-state index contributed by atoms with van der Waals surface area (Å²) in [6.45, 7) is 0.789. The first kappa shape index (κ1) is 21.4. The third kappa shape index (κ3) is 5.21. The molecule has 2 amide bonds. The molecule has 8 heteroatoms. The molecule has 30 heavy (non-hydrogen) atoms. The molecule has 0 saturated heterocycles. The number of nitrogens with zero attached hydrogens (tertiary/aromatic N) is 1. The average molecular weight is 413 g/mol. The van der Waals surface area contributed by atoms with E-state index < -0.39 is 11.8 Å². The Kier molecular flexibility index (Phi) is 6.79. The van der Waals surface area contributed by atoms with Gasteiger partial charge in [0, 0.05) is 31.9 Å². The van der Waals surface area contributed by atoms with E-state index in [4.69, 9.17) is 9.47 Å². The second-order valence-electron chi connectivity index (χ2n) is 7.70. The fourth-order valence-corrected chi connectivity index (χ4v) is 3.25. The number of hydrogen-bond acceptors (Lipinski definition) is 5. The normalized spacial score (nSPS) is 13.1. The molecule has 0 radical (unpaired) electrons. The van der Waals surface area contributed by atoms with Crippen molar-refractivity contribution < 1.29 is 24.0 Å². The minimum Gasteiger partial charge on any atom is -0.454 e. The fourth-order valence-electron chi connectivity index (χ4n) is 3.25. The molecule has 8 nitrogen and oxygen atoms in total. The van der Waals surface area contributed by atoms with Gasteiger partial charge in [0.15, 0.2) is 11.5 Å². The molecule has 1 atom stereocenters. The van der Waals surface area contributed by atoms with Crippen LogP contribution in [0, 0.1) is 0 Å². The standard InChI is InChI=1S/C22H28N4O4/c1-25(2)17-8-6-16(7-9-17)18(26(3)4)13-24-22(28)21(27)23-12-15-5-10-19-20(11-15)30-14-29-19/h5-11,18H,12-14H2,1-4H3,(H,23,27)(H,24,28)/p+1/t18-/m0/s1. The van der Waals surface area contributed by atoms with E-state index in [1.807, 2.05) is 51.3 Å². The molecule has 2 aromatic carbocycles. The van der Waals surface area contributed by atoms with Gasteiger partial charge in [0.05, 0.1) is 20.6 Å². The van der Waals surface area contributed by atoms with Crippen molar-refractivity contribution >= 4 is 17.5 Å². The molecule has 1 heterocycles. The van der Waals surface area contributed by atoms with E-state index in [1.54, 1.807) is 12.1 Å². The lowest BCUT2D eigenvalue weighted by atomic mass is 10.1. The molecular formula is C22H29N4O4+. The molecule has 0 spiro atoms. The number of carbonyl (C=O) groups is 2. The highest BCUT2D eigenvalue weighted by Crippen LogP contribution is 2.32. The molecule has 3 rings (SSSR count). The molecule has 1 aliphatic rings. The lowest BCUT2D eigenvalue weighted by molar-refractivity contribution is -0.890. The van der Waals surface area contributed by atoms with Gasteiger partial charge in [-0.25, -0.2) is 0 Å². The first-order valence-electron chi connectivity index (χ1n) is 9.87. The zero-order valence-corrected chi connectivity index (χ0v) is 17.8. The molecule has 0 bridgehead atoms. The minimum absolute atomic E-state index is 0.0341. The van der Waals surface area contributed by atoms with Crippen molar-refractivity contribution in [3.8, 4) is 11.5 Å². The highest BCUT2D eigenvalue weighted by Gasteiger charge is 2.21. The van der Waals surface area contributed by atoms with Crippen LogP contribution in [0.1, 0.15) is 17.2 Å². The minimum atomic E-state index is -0.664. The molecule has 160 valence electrons. The van der Waals surface area contributed by atoms with Gasteiger partial charge in [-0.15, -0.1) is 0 Å². The van der Waals surface area contributed by atoms with E-state index in [9.17, 15) is 9.59 Å². The third-order valence-electron chi connectivity index (χ3n) is 5.07. The summed E-state index contributed by atoms with van der Waals surface area (Å²) in [6.07, 6.45) is 0. The van der Waals surface area contributed by atoms with E-state index in [0.29, 0.717) is 18.0 Å². The van der Waals surface area contributed by atoms with Gasteiger partial charge in [0.1, 0.15) is 6.04 Å². The monoisotopic (exact) mass is 413 g/mol. The maximum absolute atomic E-state index is 12.3. The predicted molar refractivity (Wildman–Crippen MR) is 114 cm³/mol. The Bertz CT molecular complexity index is 897. The number of rotatable bonds is 7. The van der Waals surface area contributed by atoms with Crippen LogP contribution in [0.4, 0.5) is 5.69 Å². The summed E-state index contributed by atoms with van der Waals surface area (Å²) < 4.78 is 10.6. The molecule has 0 unspecified atom stereocenters. The Morgan fingerprint density at radius 2 is 1.67 bits per heavy atom. The Hall–Kier alpha value is -3.26. The van der Waals surface area contributed by atoms with Gasteiger partial charge < -0.3 is 29.9 Å². The second kappa shape index (κ2) is 9.49. The first-order chi connectivity index (χ1) is 14.3. The number of carbonyl (C=O) groups excluding carboxylic acids is 2. The number of nitrogens with one attached hydrogen (secondary N) is 3. The summed E-state index contributed by atoms with van der Waals surface area (Å²) >= 11 is 0. The lowest BCUT2D eigenvalue weighted by Gasteiger charge is -2.23. The molecule has 0 aliphatic carbocycles. The van der Waals surface area contributed by atoms with Crippen molar-refractivity contribution in [1.29, 1.82) is 0 Å². The van der Waals surface area contributed by atoms with Crippen LogP contribution in [-0.4, -0.2) is 53.3 Å². The topological polar surface area (TPSA) is 84.3 Å². The zero-order valence-electron chi connectivity index (χ0n) is 17.8. The maximum Gasteiger partial charge on any atom is 0.309 e. The smallest absolute Gasteiger partial charge is 0.309 e.